The second kappa shape index (κ2) is 8.13. The fourth-order valence-electron chi connectivity index (χ4n) is 6.36. The van der Waals surface area contributed by atoms with Gasteiger partial charge in [0.15, 0.2) is 0 Å². The summed E-state index contributed by atoms with van der Waals surface area (Å²) in [5.74, 6) is 0. The van der Waals surface area contributed by atoms with Crippen LogP contribution in [0.4, 0.5) is 0 Å². The quantitative estimate of drug-likeness (QED) is 0.361. The molecule has 0 aliphatic heterocycles. The van der Waals surface area contributed by atoms with Crippen LogP contribution in [0.3, 0.4) is 0 Å². The van der Waals surface area contributed by atoms with E-state index >= 15 is 0 Å². The van der Waals surface area contributed by atoms with Gasteiger partial charge in [-0.3, -0.25) is 0 Å². The normalized spacial score (nSPS) is 22.4. The Balaban J connectivity index is 6.89. The van der Waals surface area contributed by atoms with Gasteiger partial charge in [0.05, 0.1) is 0 Å². The lowest BCUT2D eigenvalue weighted by Crippen LogP contribution is -2.61. The first-order valence-electron chi connectivity index (χ1n) is 10.9. The highest BCUT2D eigenvalue weighted by Gasteiger charge is 2.63. The third-order valence-electron chi connectivity index (χ3n) is 10.2. The van der Waals surface area contributed by atoms with E-state index in [0.717, 1.165) is 18.6 Å². The highest BCUT2D eigenvalue weighted by molar-refractivity contribution is 5.85. The van der Waals surface area contributed by atoms with Gasteiger partial charge in [-0.15, -0.1) is 0 Å². The molecule has 0 aromatic heterocycles. The molecule has 150 valence electrons. The Labute approximate surface area is 160 Å². The Hall–Kier alpha value is -0.330. The number of hydrogen-bond donors (Lipinski definition) is 1. The molecule has 0 amide bonds. The monoisotopic (exact) mass is 351 g/mol. The molecule has 4 unspecified atom stereocenters. The first-order valence-corrected chi connectivity index (χ1v) is 10.9. The molecule has 0 bridgehead atoms. The van der Waals surface area contributed by atoms with Crippen molar-refractivity contribution in [2.45, 2.75) is 122 Å². The van der Waals surface area contributed by atoms with Gasteiger partial charge < -0.3 is 5.41 Å². The second-order valence-electron chi connectivity index (χ2n) is 9.64. The van der Waals surface area contributed by atoms with E-state index in [0.29, 0.717) is 5.41 Å². The molecule has 4 atom stereocenters. The SMILES string of the molecule is CCC(C)(CC)C(C)(CC)C(C)(CC)C(C)(CC)C(C)(CC)C(C)=N. The van der Waals surface area contributed by atoms with Crippen molar-refractivity contribution >= 4 is 5.71 Å². The highest BCUT2D eigenvalue weighted by Crippen LogP contribution is 2.70. The summed E-state index contributed by atoms with van der Waals surface area (Å²) >= 11 is 0. The number of hydrogen-bond acceptors (Lipinski definition) is 1. The summed E-state index contributed by atoms with van der Waals surface area (Å²) in [5.41, 5.74) is 1.59. The molecular weight excluding hydrogens is 302 g/mol. The van der Waals surface area contributed by atoms with Crippen molar-refractivity contribution in [3.05, 3.63) is 0 Å². The van der Waals surface area contributed by atoms with Crippen LogP contribution >= 0.6 is 0 Å². The molecule has 0 fully saturated rings. The van der Waals surface area contributed by atoms with Crippen LogP contribution in [0.25, 0.3) is 0 Å². The van der Waals surface area contributed by atoms with Crippen molar-refractivity contribution in [3.63, 3.8) is 0 Å². The van der Waals surface area contributed by atoms with E-state index in [1.54, 1.807) is 0 Å². The van der Waals surface area contributed by atoms with Crippen LogP contribution in [0.2, 0.25) is 0 Å². The maximum atomic E-state index is 8.67. The molecule has 25 heavy (non-hydrogen) atoms. The summed E-state index contributed by atoms with van der Waals surface area (Å²) in [4.78, 5) is 0. The summed E-state index contributed by atoms with van der Waals surface area (Å²) in [7, 11) is 0. The topological polar surface area (TPSA) is 23.9 Å². The van der Waals surface area contributed by atoms with Crippen molar-refractivity contribution in [3.8, 4) is 0 Å². The van der Waals surface area contributed by atoms with E-state index in [2.05, 4.69) is 76.2 Å². The molecule has 1 nitrogen and oxygen atoms in total. The lowest BCUT2D eigenvalue weighted by molar-refractivity contribution is -0.171. The van der Waals surface area contributed by atoms with E-state index in [9.17, 15) is 0 Å². The van der Waals surface area contributed by atoms with Crippen molar-refractivity contribution in [2.24, 2.45) is 27.1 Å². The van der Waals surface area contributed by atoms with Crippen LogP contribution < -0.4 is 0 Å². The molecule has 0 radical (unpaired) electrons. The molecule has 0 aliphatic carbocycles. The average molecular weight is 352 g/mol. The van der Waals surface area contributed by atoms with Gasteiger partial charge in [-0.2, -0.15) is 0 Å². The average Bonchev–Trinajstić information content (AvgIpc) is 2.63. The molecule has 0 saturated heterocycles. The van der Waals surface area contributed by atoms with E-state index < -0.39 is 0 Å². The maximum Gasteiger partial charge on any atom is 0.0123 e. The Morgan fingerprint density at radius 1 is 0.560 bits per heavy atom. The maximum absolute atomic E-state index is 8.67. The summed E-state index contributed by atoms with van der Waals surface area (Å²) in [6, 6.07) is 0. The van der Waals surface area contributed by atoms with Crippen molar-refractivity contribution in [1.82, 2.24) is 0 Å². The summed E-state index contributed by atoms with van der Waals surface area (Å²) in [6.07, 6.45) is 6.96. The zero-order chi connectivity index (χ0) is 20.3. The first-order chi connectivity index (χ1) is 11.3. The minimum atomic E-state index is -0.0642. The summed E-state index contributed by atoms with van der Waals surface area (Å²) < 4.78 is 0. The third kappa shape index (κ3) is 3.12. The van der Waals surface area contributed by atoms with Gasteiger partial charge >= 0.3 is 0 Å². The van der Waals surface area contributed by atoms with Gasteiger partial charge in [-0.25, -0.2) is 0 Å². The van der Waals surface area contributed by atoms with Gasteiger partial charge in [0.1, 0.15) is 0 Å². The fourth-order valence-corrected chi connectivity index (χ4v) is 6.36. The molecule has 0 rings (SSSR count). The first kappa shape index (κ1) is 24.7. The largest absolute Gasteiger partial charge is 0.309 e. The molecule has 1 N–H and O–H groups in total. The Morgan fingerprint density at radius 2 is 0.920 bits per heavy atom. The lowest BCUT2D eigenvalue weighted by Gasteiger charge is -2.67. The van der Waals surface area contributed by atoms with Crippen LogP contribution in [0.5, 0.6) is 0 Å². The second-order valence-corrected chi connectivity index (χ2v) is 9.64. The zero-order valence-corrected chi connectivity index (χ0v) is 19.7. The standard InChI is InChI=1S/C24H49N/c1-13-20(8,14-2)22(10,16-4)24(12,18-6)23(11,17-5)21(9,15-3)19(7)25/h25H,13-18H2,1-12H3. The smallest absolute Gasteiger partial charge is 0.0123 e. The van der Waals surface area contributed by atoms with Gasteiger partial charge in [0, 0.05) is 11.1 Å². The van der Waals surface area contributed by atoms with Gasteiger partial charge in [0.25, 0.3) is 0 Å². The Kier molecular flexibility index (Phi) is 8.03. The summed E-state index contributed by atoms with van der Waals surface area (Å²) in [6.45, 7) is 28.7. The predicted octanol–water partition coefficient (Wildman–Crippen LogP) is 8.52. The fraction of sp³-hybridized carbons (Fsp3) is 0.958. The van der Waals surface area contributed by atoms with Crippen molar-refractivity contribution in [2.75, 3.05) is 0 Å². The third-order valence-corrected chi connectivity index (χ3v) is 10.2. The summed E-state index contributed by atoms with van der Waals surface area (Å²) in [5, 5.41) is 8.67. The van der Waals surface area contributed by atoms with E-state index in [-0.39, 0.29) is 21.7 Å². The molecule has 0 aliphatic rings. The van der Waals surface area contributed by atoms with Crippen LogP contribution in [-0.4, -0.2) is 5.71 Å². The molecule has 0 aromatic carbocycles. The van der Waals surface area contributed by atoms with Crippen LogP contribution in [0.15, 0.2) is 0 Å². The Morgan fingerprint density at radius 3 is 1.12 bits per heavy atom. The lowest BCUT2D eigenvalue weighted by atomic mass is 9.37. The van der Waals surface area contributed by atoms with Crippen molar-refractivity contribution < 1.29 is 0 Å². The zero-order valence-electron chi connectivity index (χ0n) is 19.7. The predicted molar refractivity (Wildman–Crippen MR) is 116 cm³/mol. The van der Waals surface area contributed by atoms with E-state index in [1.807, 2.05) is 6.92 Å². The molecule has 0 spiro atoms. The number of nitrogens with one attached hydrogen (secondary N) is 1. The minimum absolute atomic E-state index is 0.0642. The Bertz CT molecular complexity index is 449. The molecule has 0 aromatic rings. The van der Waals surface area contributed by atoms with E-state index in [4.69, 9.17) is 5.41 Å². The van der Waals surface area contributed by atoms with E-state index in [1.165, 1.54) is 25.7 Å². The number of rotatable bonds is 11. The van der Waals surface area contributed by atoms with Gasteiger partial charge in [-0.1, -0.05) is 89.0 Å². The molecule has 0 saturated carbocycles. The molecule has 0 heterocycles. The molecule has 1 heteroatoms. The van der Waals surface area contributed by atoms with Gasteiger partial charge in [-0.05, 0) is 54.3 Å². The van der Waals surface area contributed by atoms with Gasteiger partial charge in [0.2, 0.25) is 0 Å². The van der Waals surface area contributed by atoms with Crippen LogP contribution in [0.1, 0.15) is 122 Å². The van der Waals surface area contributed by atoms with Crippen LogP contribution in [-0.2, 0) is 0 Å². The minimum Gasteiger partial charge on any atom is -0.309 e. The van der Waals surface area contributed by atoms with Crippen molar-refractivity contribution in [1.29, 1.82) is 5.41 Å². The molecular formula is C24H49N. The van der Waals surface area contributed by atoms with Crippen LogP contribution in [0, 0.1) is 32.5 Å². The highest BCUT2D eigenvalue weighted by atomic mass is 14.7.